The summed E-state index contributed by atoms with van der Waals surface area (Å²) in [5.74, 6) is -0.0509. The lowest BCUT2D eigenvalue weighted by molar-refractivity contribution is -0.126. The number of hydrogen-bond acceptors (Lipinski definition) is 3. The van der Waals surface area contributed by atoms with Gasteiger partial charge in [-0.05, 0) is 46.9 Å². The molecule has 2 aromatic carbocycles. The van der Waals surface area contributed by atoms with Crippen LogP contribution in [0, 0.1) is 0 Å². The van der Waals surface area contributed by atoms with E-state index in [-0.39, 0.29) is 11.8 Å². The maximum atomic E-state index is 12.5. The van der Waals surface area contributed by atoms with Crippen molar-refractivity contribution in [2.45, 2.75) is 25.9 Å². The van der Waals surface area contributed by atoms with Crippen LogP contribution in [-0.4, -0.2) is 33.0 Å². The average molecular weight is 388 g/mol. The second kappa shape index (κ2) is 7.91. The molecule has 2 amide bonds. The molecule has 1 aliphatic heterocycles. The first-order valence-corrected chi connectivity index (χ1v) is 9.73. The Morgan fingerprint density at radius 3 is 2.97 bits per heavy atom. The van der Waals surface area contributed by atoms with E-state index in [9.17, 15) is 9.59 Å². The van der Waals surface area contributed by atoms with Gasteiger partial charge in [-0.2, -0.15) is 5.10 Å². The van der Waals surface area contributed by atoms with Crippen LogP contribution >= 0.6 is 0 Å². The molecular formula is C23H24N4O2. The number of benzene rings is 2. The number of nitrogens with zero attached hydrogens (tertiary/aromatic N) is 3. The zero-order valence-electron chi connectivity index (χ0n) is 16.5. The smallest absolute Gasteiger partial charge is 0.246 e. The number of aryl methyl sites for hydroxylation is 1. The first kappa shape index (κ1) is 18.9. The summed E-state index contributed by atoms with van der Waals surface area (Å²) in [6.07, 6.45) is 4.30. The fourth-order valence-electron chi connectivity index (χ4n) is 3.94. The summed E-state index contributed by atoms with van der Waals surface area (Å²) in [7, 11) is 1.90. The van der Waals surface area contributed by atoms with Gasteiger partial charge in [-0.3, -0.25) is 14.3 Å². The van der Waals surface area contributed by atoms with Gasteiger partial charge < -0.3 is 10.2 Å². The van der Waals surface area contributed by atoms with E-state index in [1.165, 1.54) is 11.6 Å². The van der Waals surface area contributed by atoms with Crippen molar-refractivity contribution in [3.8, 4) is 0 Å². The molecule has 6 heteroatoms. The van der Waals surface area contributed by atoms with Crippen LogP contribution < -0.4 is 5.32 Å². The lowest BCUT2D eigenvalue weighted by atomic mass is 9.94. The number of hydrogen-bond donors (Lipinski definition) is 1. The van der Waals surface area contributed by atoms with Gasteiger partial charge in [0.2, 0.25) is 11.8 Å². The van der Waals surface area contributed by atoms with Crippen LogP contribution in [0.3, 0.4) is 0 Å². The van der Waals surface area contributed by atoms with E-state index in [4.69, 9.17) is 0 Å². The molecule has 0 bridgehead atoms. The molecule has 6 nitrogen and oxygen atoms in total. The highest BCUT2D eigenvalue weighted by Gasteiger charge is 2.21. The quantitative estimate of drug-likeness (QED) is 0.683. The van der Waals surface area contributed by atoms with Crippen molar-refractivity contribution in [1.82, 2.24) is 20.0 Å². The predicted octanol–water partition coefficient (Wildman–Crippen LogP) is 2.50. The molecule has 0 radical (unpaired) electrons. The molecule has 148 valence electrons. The summed E-state index contributed by atoms with van der Waals surface area (Å²) >= 11 is 0. The van der Waals surface area contributed by atoms with Crippen molar-refractivity contribution in [2.75, 3.05) is 6.54 Å². The summed E-state index contributed by atoms with van der Waals surface area (Å²) < 4.78 is 1.82. The molecule has 2 heterocycles. The summed E-state index contributed by atoms with van der Waals surface area (Å²) in [6, 6.07) is 12.1. The van der Waals surface area contributed by atoms with Gasteiger partial charge in [0.05, 0.1) is 18.1 Å². The Morgan fingerprint density at radius 2 is 2.14 bits per heavy atom. The lowest BCUT2D eigenvalue weighted by Crippen LogP contribution is -2.35. The maximum Gasteiger partial charge on any atom is 0.246 e. The number of carbonyl (C=O) groups is 2. The Hall–Kier alpha value is -3.41. The largest absolute Gasteiger partial charge is 0.352 e. The number of carbonyl (C=O) groups excluding carboxylic acids is 2. The van der Waals surface area contributed by atoms with Crippen LogP contribution in [0.4, 0.5) is 0 Å². The van der Waals surface area contributed by atoms with Crippen molar-refractivity contribution in [3.05, 3.63) is 77.5 Å². The van der Waals surface area contributed by atoms with E-state index in [1.54, 1.807) is 4.90 Å². The molecular weight excluding hydrogens is 364 g/mol. The Bertz CT molecular complexity index is 1100. The summed E-state index contributed by atoms with van der Waals surface area (Å²) in [4.78, 5) is 26.2. The van der Waals surface area contributed by atoms with E-state index in [1.807, 2.05) is 54.3 Å². The zero-order chi connectivity index (χ0) is 20.4. The fraction of sp³-hybridized carbons (Fsp3) is 0.261. The Balaban J connectivity index is 1.40. The minimum Gasteiger partial charge on any atom is -0.352 e. The van der Waals surface area contributed by atoms with Crippen molar-refractivity contribution in [1.29, 1.82) is 0 Å². The summed E-state index contributed by atoms with van der Waals surface area (Å²) in [5, 5.41) is 8.32. The molecule has 0 aliphatic carbocycles. The standard InChI is InChI=1S/C23H24N4O2/c1-3-23(29)27-10-9-20-17(5-4-6-18(20)15-27)13-24-22(28)12-16-7-8-21-19(11-16)14-25-26(21)2/h3-8,11,14H,1,9-10,12-13,15H2,2H3,(H,24,28). The van der Waals surface area contributed by atoms with Gasteiger partial charge in [-0.1, -0.05) is 30.8 Å². The highest BCUT2D eigenvalue weighted by atomic mass is 16.2. The van der Waals surface area contributed by atoms with Crippen LogP contribution in [0.1, 0.15) is 22.3 Å². The van der Waals surface area contributed by atoms with Gasteiger partial charge in [0.15, 0.2) is 0 Å². The summed E-state index contributed by atoms with van der Waals surface area (Å²) in [6.45, 7) is 5.32. The van der Waals surface area contributed by atoms with E-state index in [0.29, 0.717) is 26.1 Å². The average Bonchev–Trinajstić information content (AvgIpc) is 3.11. The van der Waals surface area contributed by atoms with Crippen LogP contribution in [0.25, 0.3) is 10.9 Å². The molecule has 1 aromatic heterocycles. The Labute approximate surface area is 169 Å². The molecule has 1 N–H and O–H groups in total. The first-order chi connectivity index (χ1) is 14.0. The van der Waals surface area contributed by atoms with Gasteiger partial charge >= 0.3 is 0 Å². The third-order valence-corrected chi connectivity index (χ3v) is 5.50. The minimum atomic E-state index is -0.0417. The molecule has 0 atom stereocenters. The van der Waals surface area contributed by atoms with E-state index in [2.05, 4.69) is 17.0 Å². The highest BCUT2D eigenvalue weighted by Crippen LogP contribution is 2.23. The number of amides is 2. The molecule has 0 unspecified atom stereocenters. The molecule has 0 saturated carbocycles. The van der Waals surface area contributed by atoms with Gasteiger partial charge in [0.1, 0.15) is 0 Å². The molecule has 1 aliphatic rings. The van der Waals surface area contributed by atoms with E-state index in [0.717, 1.165) is 34.0 Å². The minimum absolute atomic E-state index is 0.00915. The topological polar surface area (TPSA) is 67.2 Å². The number of rotatable bonds is 5. The molecule has 3 aromatic rings. The molecule has 4 rings (SSSR count). The second-order valence-corrected chi connectivity index (χ2v) is 7.38. The molecule has 0 fully saturated rings. The van der Waals surface area contributed by atoms with Crippen molar-refractivity contribution in [2.24, 2.45) is 7.05 Å². The Morgan fingerprint density at radius 1 is 1.28 bits per heavy atom. The van der Waals surface area contributed by atoms with E-state index >= 15 is 0 Å². The maximum absolute atomic E-state index is 12.5. The Kier molecular flexibility index (Phi) is 5.16. The van der Waals surface area contributed by atoms with E-state index < -0.39 is 0 Å². The van der Waals surface area contributed by atoms with Crippen molar-refractivity contribution < 1.29 is 9.59 Å². The lowest BCUT2D eigenvalue weighted by Gasteiger charge is -2.29. The molecule has 0 spiro atoms. The van der Waals surface area contributed by atoms with Crippen LogP contribution in [-0.2, 0) is 42.6 Å². The van der Waals surface area contributed by atoms with Crippen molar-refractivity contribution in [3.63, 3.8) is 0 Å². The zero-order valence-corrected chi connectivity index (χ0v) is 16.5. The van der Waals surface area contributed by atoms with Gasteiger partial charge in [-0.25, -0.2) is 0 Å². The van der Waals surface area contributed by atoms with Gasteiger partial charge in [0.25, 0.3) is 0 Å². The fourth-order valence-corrected chi connectivity index (χ4v) is 3.94. The third kappa shape index (κ3) is 3.92. The van der Waals surface area contributed by atoms with Gasteiger partial charge in [0, 0.05) is 32.1 Å². The van der Waals surface area contributed by atoms with Crippen LogP contribution in [0.2, 0.25) is 0 Å². The number of nitrogens with one attached hydrogen (secondary N) is 1. The third-order valence-electron chi connectivity index (χ3n) is 5.50. The molecule has 29 heavy (non-hydrogen) atoms. The second-order valence-electron chi connectivity index (χ2n) is 7.38. The van der Waals surface area contributed by atoms with Gasteiger partial charge in [-0.15, -0.1) is 0 Å². The monoisotopic (exact) mass is 388 g/mol. The van der Waals surface area contributed by atoms with Crippen molar-refractivity contribution >= 4 is 22.7 Å². The summed E-state index contributed by atoms with van der Waals surface area (Å²) in [5.41, 5.74) is 5.51. The normalized spacial score (nSPS) is 13.2. The first-order valence-electron chi connectivity index (χ1n) is 9.73. The SMILES string of the molecule is C=CC(=O)N1CCc2c(CNC(=O)Cc3ccc4c(cnn4C)c3)cccc2C1. The highest BCUT2D eigenvalue weighted by molar-refractivity contribution is 5.87. The molecule has 0 saturated heterocycles. The van der Waals surface area contributed by atoms with Crippen LogP contribution in [0.5, 0.6) is 0 Å². The predicted molar refractivity (Wildman–Crippen MR) is 112 cm³/mol. The van der Waals surface area contributed by atoms with Crippen LogP contribution in [0.15, 0.2) is 55.3 Å². The number of fused-ring (bicyclic) bond motifs is 2. The number of aromatic nitrogens is 2.